The molecule has 6 nitrogen and oxygen atoms in total. The maximum absolute atomic E-state index is 12.8. The molecule has 0 radical (unpaired) electrons. The molecule has 0 aromatic heterocycles. The first-order valence-electron chi connectivity index (χ1n) is 6.92. The summed E-state index contributed by atoms with van der Waals surface area (Å²) in [6.07, 6.45) is 0. The van der Waals surface area contributed by atoms with Crippen LogP contribution >= 0.6 is 0 Å². The first-order valence-corrected chi connectivity index (χ1v) is 8.36. The lowest BCUT2D eigenvalue weighted by Gasteiger charge is -2.19. The quantitative estimate of drug-likeness (QED) is 0.814. The lowest BCUT2D eigenvalue weighted by molar-refractivity contribution is 0.0596. The SMILES string of the molecule is COC(=O)c1ccccc1S(=O)(=O)N1CC2CNCC2C1. The van der Waals surface area contributed by atoms with E-state index in [9.17, 15) is 13.2 Å². The molecule has 1 aromatic carbocycles. The van der Waals surface area contributed by atoms with Crippen molar-refractivity contribution in [1.82, 2.24) is 9.62 Å². The Hall–Kier alpha value is -1.44. The van der Waals surface area contributed by atoms with Crippen molar-refractivity contribution in [2.75, 3.05) is 33.3 Å². The molecule has 2 aliphatic heterocycles. The Labute approximate surface area is 124 Å². The molecule has 7 heteroatoms. The van der Waals surface area contributed by atoms with E-state index in [0.717, 1.165) is 13.1 Å². The molecular weight excluding hydrogens is 292 g/mol. The number of benzene rings is 1. The molecule has 0 amide bonds. The van der Waals surface area contributed by atoms with E-state index in [4.69, 9.17) is 0 Å². The Bertz CT molecular complexity index is 647. The van der Waals surface area contributed by atoms with E-state index >= 15 is 0 Å². The summed E-state index contributed by atoms with van der Waals surface area (Å²) in [6.45, 7) is 2.73. The standard InChI is InChI=1S/C14H18N2O4S/c1-20-14(17)12-4-2-3-5-13(12)21(18,19)16-8-10-6-15-7-11(10)9-16/h2-5,10-11,15H,6-9H2,1H3. The molecule has 0 saturated carbocycles. The van der Waals surface area contributed by atoms with Crippen LogP contribution in [0.3, 0.4) is 0 Å². The third-order valence-electron chi connectivity index (χ3n) is 4.27. The van der Waals surface area contributed by atoms with Crippen molar-refractivity contribution < 1.29 is 17.9 Å². The molecular formula is C14H18N2O4S. The van der Waals surface area contributed by atoms with Gasteiger partial charge in [-0.25, -0.2) is 13.2 Å². The van der Waals surface area contributed by atoms with Gasteiger partial charge < -0.3 is 10.1 Å². The van der Waals surface area contributed by atoms with Crippen LogP contribution in [0.2, 0.25) is 0 Å². The molecule has 2 unspecified atom stereocenters. The van der Waals surface area contributed by atoms with Gasteiger partial charge in [0.2, 0.25) is 10.0 Å². The molecule has 114 valence electrons. The zero-order chi connectivity index (χ0) is 15.0. The first kappa shape index (κ1) is 14.5. The van der Waals surface area contributed by atoms with Crippen LogP contribution in [0, 0.1) is 11.8 Å². The molecule has 1 N–H and O–H groups in total. The van der Waals surface area contributed by atoms with Crippen molar-refractivity contribution in [2.45, 2.75) is 4.90 Å². The van der Waals surface area contributed by atoms with Crippen LogP contribution in [0.25, 0.3) is 0 Å². The summed E-state index contributed by atoms with van der Waals surface area (Å²) in [5, 5.41) is 3.28. The molecule has 0 spiro atoms. The van der Waals surface area contributed by atoms with E-state index < -0.39 is 16.0 Å². The zero-order valence-electron chi connectivity index (χ0n) is 11.8. The number of esters is 1. The molecule has 3 rings (SSSR count). The molecule has 2 aliphatic rings. The average molecular weight is 310 g/mol. The number of sulfonamides is 1. The number of methoxy groups -OCH3 is 1. The zero-order valence-corrected chi connectivity index (χ0v) is 12.6. The van der Waals surface area contributed by atoms with E-state index in [1.807, 2.05) is 0 Å². The second-order valence-electron chi connectivity index (χ2n) is 5.49. The maximum Gasteiger partial charge on any atom is 0.339 e. The van der Waals surface area contributed by atoms with Crippen molar-refractivity contribution >= 4 is 16.0 Å². The highest BCUT2D eigenvalue weighted by atomic mass is 32.2. The van der Waals surface area contributed by atoms with E-state index in [2.05, 4.69) is 10.1 Å². The van der Waals surface area contributed by atoms with Gasteiger partial charge in [0.25, 0.3) is 0 Å². The van der Waals surface area contributed by atoms with Crippen molar-refractivity contribution in [3.05, 3.63) is 29.8 Å². The van der Waals surface area contributed by atoms with E-state index in [0.29, 0.717) is 24.9 Å². The minimum Gasteiger partial charge on any atom is -0.465 e. The fraction of sp³-hybridized carbons (Fsp3) is 0.500. The molecule has 2 heterocycles. The normalized spacial score (nSPS) is 25.8. The van der Waals surface area contributed by atoms with E-state index in [1.165, 1.54) is 23.5 Å². The predicted molar refractivity (Wildman–Crippen MR) is 76.4 cm³/mol. The smallest absolute Gasteiger partial charge is 0.339 e. The topological polar surface area (TPSA) is 75.7 Å². The number of nitrogens with one attached hydrogen (secondary N) is 1. The highest BCUT2D eigenvalue weighted by Crippen LogP contribution is 2.31. The lowest BCUT2D eigenvalue weighted by Crippen LogP contribution is -2.33. The number of ether oxygens (including phenoxy) is 1. The highest BCUT2D eigenvalue weighted by molar-refractivity contribution is 7.89. The fourth-order valence-electron chi connectivity index (χ4n) is 3.12. The van der Waals surface area contributed by atoms with Crippen molar-refractivity contribution in [1.29, 1.82) is 0 Å². The average Bonchev–Trinajstić information content (AvgIpc) is 3.08. The fourth-order valence-corrected chi connectivity index (χ4v) is 4.85. The Morgan fingerprint density at radius 3 is 2.48 bits per heavy atom. The number of fused-ring (bicyclic) bond motifs is 1. The van der Waals surface area contributed by atoms with Crippen LogP contribution in [0.4, 0.5) is 0 Å². The number of carbonyl (C=O) groups is 1. The molecule has 2 fully saturated rings. The molecule has 0 bridgehead atoms. The van der Waals surface area contributed by atoms with Gasteiger partial charge in [-0.1, -0.05) is 12.1 Å². The monoisotopic (exact) mass is 310 g/mol. The van der Waals surface area contributed by atoms with E-state index in [1.54, 1.807) is 12.1 Å². The van der Waals surface area contributed by atoms with Crippen molar-refractivity contribution in [2.24, 2.45) is 11.8 Å². The van der Waals surface area contributed by atoms with Crippen LogP contribution in [0.15, 0.2) is 29.2 Å². The highest BCUT2D eigenvalue weighted by Gasteiger charge is 2.42. The minimum atomic E-state index is -3.66. The van der Waals surface area contributed by atoms with E-state index in [-0.39, 0.29) is 10.5 Å². The maximum atomic E-state index is 12.8. The lowest BCUT2D eigenvalue weighted by atomic mass is 10.0. The molecule has 2 saturated heterocycles. The van der Waals surface area contributed by atoms with Gasteiger partial charge in [0.15, 0.2) is 0 Å². The van der Waals surface area contributed by atoms with Crippen LogP contribution in [0.1, 0.15) is 10.4 Å². The first-order chi connectivity index (χ1) is 10.0. The van der Waals surface area contributed by atoms with Gasteiger partial charge in [-0.3, -0.25) is 0 Å². The second kappa shape index (κ2) is 5.40. The third kappa shape index (κ3) is 2.45. The third-order valence-corrected chi connectivity index (χ3v) is 6.16. The summed E-state index contributed by atoms with van der Waals surface area (Å²) in [7, 11) is -2.41. The van der Waals surface area contributed by atoms with Crippen LogP contribution in [0.5, 0.6) is 0 Å². The Morgan fingerprint density at radius 2 is 1.86 bits per heavy atom. The number of carbonyl (C=O) groups excluding carboxylic acids is 1. The molecule has 2 atom stereocenters. The van der Waals surface area contributed by atoms with Gasteiger partial charge in [-0.15, -0.1) is 0 Å². The van der Waals surface area contributed by atoms with Gasteiger partial charge in [0.1, 0.15) is 0 Å². The van der Waals surface area contributed by atoms with Gasteiger partial charge in [-0.05, 0) is 37.1 Å². The summed E-state index contributed by atoms with van der Waals surface area (Å²) in [4.78, 5) is 11.8. The number of hydrogen-bond acceptors (Lipinski definition) is 5. The minimum absolute atomic E-state index is 0.0322. The Morgan fingerprint density at radius 1 is 1.24 bits per heavy atom. The van der Waals surface area contributed by atoms with Crippen LogP contribution in [-0.4, -0.2) is 52.0 Å². The Balaban J connectivity index is 1.94. The summed E-state index contributed by atoms with van der Waals surface area (Å²) >= 11 is 0. The van der Waals surface area contributed by atoms with Crippen molar-refractivity contribution in [3.8, 4) is 0 Å². The predicted octanol–water partition coefficient (Wildman–Crippen LogP) is 0.313. The van der Waals surface area contributed by atoms with Gasteiger partial charge in [0, 0.05) is 13.1 Å². The summed E-state index contributed by atoms with van der Waals surface area (Å²) in [5.41, 5.74) is 0.0928. The van der Waals surface area contributed by atoms with Crippen LogP contribution in [-0.2, 0) is 14.8 Å². The van der Waals surface area contributed by atoms with Crippen molar-refractivity contribution in [3.63, 3.8) is 0 Å². The Kier molecular flexibility index (Phi) is 3.73. The summed E-state index contributed by atoms with van der Waals surface area (Å²) in [5.74, 6) is 0.102. The van der Waals surface area contributed by atoms with Gasteiger partial charge >= 0.3 is 5.97 Å². The molecule has 21 heavy (non-hydrogen) atoms. The largest absolute Gasteiger partial charge is 0.465 e. The van der Waals surface area contributed by atoms with Gasteiger partial charge in [0.05, 0.1) is 17.6 Å². The number of nitrogens with zero attached hydrogens (tertiary/aromatic N) is 1. The molecule has 1 aromatic rings. The number of rotatable bonds is 3. The van der Waals surface area contributed by atoms with Gasteiger partial charge in [-0.2, -0.15) is 4.31 Å². The van der Waals surface area contributed by atoms with Crippen LogP contribution < -0.4 is 5.32 Å². The summed E-state index contributed by atoms with van der Waals surface area (Å²) in [6, 6.07) is 6.21. The molecule has 0 aliphatic carbocycles. The second-order valence-corrected chi connectivity index (χ2v) is 7.39. The summed E-state index contributed by atoms with van der Waals surface area (Å²) < 4.78 is 31.8. The number of hydrogen-bond donors (Lipinski definition) is 1.